The van der Waals surface area contributed by atoms with Crippen molar-refractivity contribution in [2.45, 2.75) is 91.8 Å². The summed E-state index contributed by atoms with van der Waals surface area (Å²) in [4.78, 5) is 36.5. The molecule has 2 atom stereocenters. The van der Waals surface area contributed by atoms with Crippen molar-refractivity contribution in [3.8, 4) is 0 Å². The first-order chi connectivity index (χ1) is 14.3. The van der Waals surface area contributed by atoms with Crippen molar-refractivity contribution in [3.63, 3.8) is 0 Å². The van der Waals surface area contributed by atoms with Gasteiger partial charge in [-0.15, -0.1) is 0 Å². The maximum Gasteiger partial charge on any atom is 0.478 e. The van der Waals surface area contributed by atoms with E-state index in [0.29, 0.717) is 6.42 Å². The zero-order valence-electron chi connectivity index (χ0n) is 19.1. The Morgan fingerprint density at radius 1 is 1.10 bits per heavy atom. The first-order valence-corrected chi connectivity index (χ1v) is 12.3. The van der Waals surface area contributed by atoms with Crippen molar-refractivity contribution in [3.05, 3.63) is 0 Å². The summed E-state index contributed by atoms with van der Waals surface area (Å²) in [5.74, 6) is -1.13. The highest BCUT2D eigenvalue weighted by Crippen LogP contribution is 2.57. The number of phosphoric acid groups is 1. The lowest BCUT2D eigenvalue weighted by Gasteiger charge is -2.39. The lowest BCUT2D eigenvalue weighted by atomic mass is 9.84. The number of Topliss-reactive ketones (excluding diaryl/α,β-unsaturated/α-hetero) is 1. The largest absolute Gasteiger partial charge is 0.478 e. The van der Waals surface area contributed by atoms with Gasteiger partial charge >= 0.3 is 19.8 Å². The van der Waals surface area contributed by atoms with Crippen LogP contribution in [0.4, 0.5) is 0 Å². The van der Waals surface area contributed by atoms with Crippen molar-refractivity contribution in [2.75, 3.05) is 13.4 Å². The van der Waals surface area contributed by atoms with Crippen molar-refractivity contribution in [1.29, 1.82) is 0 Å². The van der Waals surface area contributed by atoms with Crippen molar-refractivity contribution in [2.24, 2.45) is 10.8 Å². The number of hydrogen-bond donors (Lipinski definition) is 0. The van der Waals surface area contributed by atoms with Crippen LogP contribution in [-0.2, 0) is 42.0 Å². The number of esters is 2. The Bertz CT molecular complexity index is 704. The maximum absolute atomic E-state index is 12.8. The molecule has 0 N–H and O–H groups in total. The predicted octanol–water partition coefficient (Wildman–Crippen LogP) is 4.32. The predicted molar refractivity (Wildman–Crippen MR) is 111 cm³/mol. The van der Waals surface area contributed by atoms with Crippen LogP contribution in [0.3, 0.4) is 0 Å². The summed E-state index contributed by atoms with van der Waals surface area (Å²) in [5.41, 5.74) is -1.48. The van der Waals surface area contributed by atoms with E-state index in [1.54, 1.807) is 34.6 Å². The topological polar surface area (TPSA) is 114 Å². The van der Waals surface area contributed by atoms with Gasteiger partial charge in [0, 0.05) is 18.3 Å². The highest BCUT2D eigenvalue weighted by atomic mass is 31.2. The van der Waals surface area contributed by atoms with Gasteiger partial charge < -0.3 is 9.47 Å². The molecule has 1 aliphatic carbocycles. The Hall–Kier alpha value is -1.28. The zero-order valence-corrected chi connectivity index (χ0v) is 20.0. The van der Waals surface area contributed by atoms with Gasteiger partial charge in [0.15, 0.2) is 5.78 Å². The van der Waals surface area contributed by atoms with Crippen LogP contribution in [0.2, 0.25) is 0 Å². The van der Waals surface area contributed by atoms with E-state index in [1.807, 2.05) is 0 Å². The summed E-state index contributed by atoms with van der Waals surface area (Å²) in [5, 5.41) is 0. The quantitative estimate of drug-likeness (QED) is 0.281. The number of ketones is 1. The van der Waals surface area contributed by atoms with Crippen LogP contribution in [0.15, 0.2) is 0 Å². The van der Waals surface area contributed by atoms with Crippen LogP contribution in [0.5, 0.6) is 0 Å². The first-order valence-electron chi connectivity index (χ1n) is 10.8. The van der Waals surface area contributed by atoms with Gasteiger partial charge in [-0.1, -0.05) is 13.8 Å². The van der Waals surface area contributed by atoms with Crippen LogP contribution >= 0.6 is 7.82 Å². The Labute approximate surface area is 184 Å². The van der Waals surface area contributed by atoms with Gasteiger partial charge in [-0.3, -0.25) is 23.4 Å². The fourth-order valence-corrected chi connectivity index (χ4v) is 4.87. The van der Waals surface area contributed by atoms with E-state index < -0.39 is 37.5 Å². The lowest BCUT2D eigenvalue weighted by Crippen LogP contribution is -2.45. The second-order valence-corrected chi connectivity index (χ2v) is 11.5. The smallest absolute Gasteiger partial charge is 0.462 e. The first kappa shape index (κ1) is 26.0. The number of carbonyl (C=O) groups is 3. The van der Waals surface area contributed by atoms with Crippen LogP contribution in [-0.4, -0.2) is 43.3 Å². The molecule has 2 fully saturated rings. The normalized spacial score (nSPS) is 26.4. The summed E-state index contributed by atoms with van der Waals surface area (Å²) in [6.45, 7) is 7.89. The van der Waals surface area contributed by atoms with Crippen LogP contribution in [0.25, 0.3) is 0 Å². The van der Waals surface area contributed by atoms with Crippen molar-refractivity contribution >= 4 is 25.5 Å². The third kappa shape index (κ3) is 7.97. The van der Waals surface area contributed by atoms with Gasteiger partial charge in [-0.05, 0) is 52.9 Å². The Balaban J connectivity index is 1.83. The second kappa shape index (κ2) is 10.6. The molecule has 1 saturated carbocycles. The summed E-state index contributed by atoms with van der Waals surface area (Å²) in [6, 6.07) is 0. The summed E-state index contributed by atoms with van der Waals surface area (Å²) >= 11 is 0. The number of ether oxygens (including phenoxy) is 2. The van der Waals surface area contributed by atoms with E-state index in [4.69, 9.17) is 23.0 Å². The highest BCUT2D eigenvalue weighted by molar-refractivity contribution is 7.48. The molecule has 1 heterocycles. The standard InChI is InChI=1S/C21H35O9P/c1-20(2,3)19(24)26-14-28-31(25)27-13-21(4,5)18(30-31)16(22)11-8-12-17(23)29-15-9-6-7-10-15/h15,18H,6-14H2,1-5H3/t18-,31+/m0/s1. The fraction of sp³-hybridized carbons (Fsp3) is 0.857. The molecule has 0 amide bonds. The number of carbonyl (C=O) groups excluding carboxylic acids is 3. The molecule has 10 heteroatoms. The van der Waals surface area contributed by atoms with E-state index in [0.717, 1.165) is 25.7 Å². The molecule has 0 aromatic rings. The van der Waals surface area contributed by atoms with Gasteiger partial charge in [0.25, 0.3) is 0 Å². The molecule has 0 aromatic carbocycles. The van der Waals surface area contributed by atoms with E-state index in [-0.39, 0.29) is 37.3 Å². The van der Waals surface area contributed by atoms with Gasteiger partial charge in [0.2, 0.25) is 6.79 Å². The summed E-state index contributed by atoms with van der Waals surface area (Å²) < 4.78 is 38.8. The van der Waals surface area contributed by atoms with Crippen molar-refractivity contribution < 1.29 is 42.0 Å². The molecule has 0 bridgehead atoms. The molecule has 0 spiro atoms. The number of phosphoric ester groups is 1. The average Bonchev–Trinajstić information content (AvgIpc) is 3.16. The molecule has 31 heavy (non-hydrogen) atoms. The number of hydrogen-bond acceptors (Lipinski definition) is 9. The SMILES string of the molecule is CC(C)(C)C(=O)OCO[P@@]1(=O)OCC(C)(C)[C@H](C(=O)CCCC(=O)OC2CCCC2)O1. The molecule has 1 aliphatic heterocycles. The van der Waals surface area contributed by atoms with E-state index in [9.17, 15) is 18.9 Å². The molecule has 0 unspecified atom stereocenters. The summed E-state index contributed by atoms with van der Waals surface area (Å²) in [6.07, 6.45) is 3.44. The fourth-order valence-electron chi connectivity index (χ4n) is 3.34. The zero-order chi connectivity index (χ0) is 23.3. The van der Waals surface area contributed by atoms with E-state index in [1.165, 1.54) is 0 Å². The van der Waals surface area contributed by atoms with Gasteiger partial charge in [0.1, 0.15) is 12.2 Å². The average molecular weight is 462 g/mol. The Morgan fingerprint density at radius 2 is 1.74 bits per heavy atom. The minimum Gasteiger partial charge on any atom is -0.462 e. The minimum atomic E-state index is -4.07. The molecule has 2 rings (SSSR count). The van der Waals surface area contributed by atoms with Gasteiger partial charge in [-0.25, -0.2) is 9.09 Å². The molecular weight excluding hydrogens is 427 g/mol. The maximum atomic E-state index is 12.8. The third-order valence-electron chi connectivity index (χ3n) is 5.25. The highest BCUT2D eigenvalue weighted by Gasteiger charge is 2.48. The van der Waals surface area contributed by atoms with Crippen LogP contribution in [0.1, 0.15) is 79.6 Å². The van der Waals surface area contributed by atoms with E-state index in [2.05, 4.69) is 0 Å². The van der Waals surface area contributed by atoms with Crippen LogP contribution in [0, 0.1) is 10.8 Å². The van der Waals surface area contributed by atoms with Crippen molar-refractivity contribution in [1.82, 2.24) is 0 Å². The Morgan fingerprint density at radius 3 is 2.35 bits per heavy atom. The van der Waals surface area contributed by atoms with Gasteiger partial charge in [0.05, 0.1) is 12.0 Å². The molecule has 0 radical (unpaired) electrons. The molecule has 2 aliphatic rings. The lowest BCUT2D eigenvalue weighted by molar-refractivity contribution is -0.163. The monoisotopic (exact) mass is 462 g/mol. The third-order valence-corrected chi connectivity index (χ3v) is 6.58. The van der Waals surface area contributed by atoms with Gasteiger partial charge in [-0.2, -0.15) is 0 Å². The molecular formula is C21H35O9P. The second-order valence-electron chi connectivity index (χ2n) is 9.84. The molecule has 178 valence electrons. The number of rotatable bonds is 9. The summed E-state index contributed by atoms with van der Waals surface area (Å²) in [7, 11) is -4.07. The van der Waals surface area contributed by atoms with E-state index >= 15 is 0 Å². The molecule has 9 nitrogen and oxygen atoms in total. The Kier molecular flexibility index (Phi) is 8.85. The molecule has 0 aromatic heterocycles. The minimum absolute atomic E-state index is 0.00336. The molecule has 1 saturated heterocycles. The van der Waals surface area contributed by atoms with Crippen LogP contribution < -0.4 is 0 Å².